The molecule has 0 aromatic rings. The molecule has 1 saturated carbocycles. The van der Waals surface area contributed by atoms with Crippen LogP contribution >= 0.6 is 0 Å². The van der Waals surface area contributed by atoms with Gasteiger partial charge in [-0.2, -0.15) is 0 Å². The molecule has 0 radical (unpaired) electrons. The third kappa shape index (κ3) is 2.76. The van der Waals surface area contributed by atoms with Crippen LogP contribution in [0.2, 0.25) is 0 Å². The lowest BCUT2D eigenvalue weighted by molar-refractivity contribution is 0.269. The van der Waals surface area contributed by atoms with Crippen molar-refractivity contribution in [2.24, 2.45) is 5.92 Å². The van der Waals surface area contributed by atoms with Gasteiger partial charge in [-0.05, 0) is 51.7 Å². The van der Waals surface area contributed by atoms with Crippen LogP contribution in [0.15, 0.2) is 0 Å². The van der Waals surface area contributed by atoms with E-state index in [0.717, 1.165) is 18.0 Å². The van der Waals surface area contributed by atoms with Gasteiger partial charge in [-0.1, -0.05) is 0 Å². The molecule has 3 fully saturated rings. The van der Waals surface area contributed by atoms with Gasteiger partial charge in [0.05, 0.1) is 0 Å². The van der Waals surface area contributed by atoms with Gasteiger partial charge in [-0.15, -0.1) is 0 Å². The van der Waals surface area contributed by atoms with Crippen molar-refractivity contribution in [1.82, 2.24) is 15.1 Å². The van der Waals surface area contributed by atoms with E-state index in [-0.39, 0.29) is 0 Å². The van der Waals surface area contributed by atoms with E-state index < -0.39 is 0 Å². The maximum absolute atomic E-state index is 3.76. The highest BCUT2D eigenvalue weighted by atomic mass is 15.2. The Balaban J connectivity index is 1.39. The first-order chi connectivity index (χ1) is 7.79. The highest BCUT2D eigenvalue weighted by molar-refractivity contribution is 4.90. The van der Waals surface area contributed by atoms with Crippen LogP contribution < -0.4 is 5.32 Å². The highest BCUT2D eigenvalue weighted by Crippen LogP contribution is 2.23. The van der Waals surface area contributed by atoms with Crippen LogP contribution in [0.3, 0.4) is 0 Å². The van der Waals surface area contributed by atoms with E-state index in [0.29, 0.717) is 0 Å². The van der Waals surface area contributed by atoms with Crippen molar-refractivity contribution >= 4 is 0 Å². The smallest absolute Gasteiger partial charge is 0.0209 e. The standard InChI is InChI=1S/C13H25N3/c1-15-6-4-11(8-15)9-16-7-5-13(10-16)14-12-2-3-12/h11-14H,2-10H2,1H3. The first-order valence-corrected chi connectivity index (χ1v) is 6.96. The zero-order valence-corrected chi connectivity index (χ0v) is 10.5. The molecule has 1 aliphatic carbocycles. The predicted molar refractivity (Wildman–Crippen MR) is 66.6 cm³/mol. The van der Waals surface area contributed by atoms with E-state index >= 15 is 0 Å². The molecule has 2 heterocycles. The van der Waals surface area contributed by atoms with Crippen LogP contribution in [-0.2, 0) is 0 Å². The molecular formula is C13H25N3. The van der Waals surface area contributed by atoms with E-state index in [1.165, 1.54) is 58.4 Å². The van der Waals surface area contributed by atoms with Gasteiger partial charge in [-0.3, -0.25) is 0 Å². The molecule has 3 aliphatic rings. The van der Waals surface area contributed by atoms with Gasteiger partial charge < -0.3 is 15.1 Å². The molecular weight excluding hydrogens is 198 g/mol. The van der Waals surface area contributed by atoms with E-state index in [9.17, 15) is 0 Å². The molecule has 3 heteroatoms. The Bertz CT molecular complexity index is 239. The van der Waals surface area contributed by atoms with Gasteiger partial charge in [0.1, 0.15) is 0 Å². The molecule has 1 N–H and O–H groups in total. The zero-order valence-electron chi connectivity index (χ0n) is 10.5. The third-order valence-electron chi connectivity index (χ3n) is 4.33. The second-order valence-electron chi connectivity index (χ2n) is 6.10. The average Bonchev–Trinajstić information content (AvgIpc) is 2.80. The van der Waals surface area contributed by atoms with Crippen molar-refractivity contribution in [3.63, 3.8) is 0 Å². The molecule has 0 spiro atoms. The third-order valence-corrected chi connectivity index (χ3v) is 4.33. The summed E-state index contributed by atoms with van der Waals surface area (Å²) in [5.41, 5.74) is 0. The van der Waals surface area contributed by atoms with Crippen LogP contribution in [0.5, 0.6) is 0 Å². The lowest BCUT2D eigenvalue weighted by Gasteiger charge is -2.20. The Hall–Kier alpha value is -0.120. The zero-order chi connectivity index (χ0) is 11.0. The van der Waals surface area contributed by atoms with Crippen LogP contribution in [0.4, 0.5) is 0 Å². The topological polar surface area (TPSA) is 18.5 Å². The summed E-state index contributed by atoms with van der Waals surface area (Å²) in [5.74, 6) is 0.935. The number of likely N-dealkylation sites (tertiary alicyclic amines) is 2. The lowest BCUT2D eigenvalue weighted by atomic mass is 10.1. The highest BCUT2D eigenvalue weighted by Gasteiger charge is 2.30. The Morgan fingerprint density at radius 1 is 1.00 bits per heavy atom. The van der Waals surface area contributed by atoms with Gasteiger partial charge in [0.25, 0.3) is 0 Å². The molecule has 0 aromatic carbocycles. The summed E-state index contributed by atoms with van der Waals surface area (Å²) in [5, 5.41) is 3.76. The van der Waals surface area contributed by atoms with Crippen LogP contribution in [0.1, 0.15) is 25.7 Å². The molecule has 0 bridgehead atoms. The minimum Gasteiger partial charge on any atom is -0.310 e. The molecule has 2 unspecified atom stereocenters. The van der Waals surface area contributed by atoms with Crippen LogP contribution in [0, 0.1) is 5.92 Å². The maximum atomic E-state index is 3.76. The second-order valence-corrected chi connectivity index (χ2v) is 6.10. The largest absolute Gasteiger partial charge is 0.310 e. The second kappa shape index (κ2) is 4.63. The van der Waals surface area contributed by atoms with Gasteiger partial charge in [0.2, 0.25) is 0 Å². The van der Waals surface area contributed by atoms with Crippen LogP contribution in [0.25, 0.3) is 0 Å². The van der Waals surface area contributed by atoms with Crippen molar-refractivity contribution in [3.8, 4) is 0 Å². The molecule has 2 saturated heterocycles. The molecule has 0 aromatic heterocycles. The lowest BCUT2D eigenvalue weighted by Crippen LogP contribution is -2.35. The minimum atomic E-state index is 0.798. The molecule has 3 nitrogen and oxygen atoms in total. The fourth-order valence-electron chi connectivity index (χ4n) is 3.26. The van der Waals surface area contributed by atoms with Gasteiger partial charge >= 0.3 is 0 Å². The Kier molecular flexibility index (Phi) is 3.18. The van der Waals surface area contributed by atoms with Crippen LogP contribution in [-0.4, -0.2) is 61.7 Å². The van der Waals surface area contributed by atoms with Crippen molar-refractivity contribution in [2.45, 2.75) is 37.8 Å². The van der Waals surface area contributed by atoms with E-state index in [1.54, 1.807) is 0 Å². The average molecular weight is 223 g/mol. The first kappa shape index (κ1) is 11.0. The number of hydrogen-bond acceptors (Lipinski definition) is 3. The fourth-order valence-corrected chi connectivity index (χ4v) is 3.26. The number of hydrogen-bond donors (Lipinski definition) is 1. The van der Waals surface area contributed by atoms with E-state index in [2.05, 4.69) is 22.2 Å². The van der Waals surface area contributed by atoms with E-state index in [1.807, 2.05) is 0 Å². The van der Waals surface area contributed by atoms with Crippen molar-refractivity contribution in [2.75, 3.05) is 39.8 Å². The Labute approximate surface area is 99.2 Å². The van der Waals surface area contributed by atoms with Gasteiger partial charge in [0, 0.05) is 31.7 Å². The predicted octanol–water partition coefficient (Wildman–Crippen LogP) is 0.764. The normalized spacial score (nSPS) is 37.3. The maximum Gasteiger partial charge on any atom is 0.0209 e. The summed E-state index contributed by atoms with van der Waals surface area (Å²) in [6.45, 7) is 6.59. The SMILES string of the molecule is CN1CCC(CN2CCC(NC3CC3)C2)C1. The summed E-state index contributed by atoms with van der Waals surface area (Å²) in [7, 11) is 2.25. The van der Waals surface area contributed by atoms with Crippen molar-refractivity contribution in [1.29, 1.82) is 0 Å². The number of nitrogens with one attached hydrogen (secondary N) is 1. The Morgan fingerprint density at radius 2 is 1.88 bits per heavy atom. The summed E-state index contributed by atoms with van der Waals surface area (Å²) < 4.78 is 0. The quantitative estimate of drug-likeness (QED) is 0.759. The Morgan fingerprint density at radius 3 is 2.56 bits per heavy atom. The van der Waals surface area contributed by atoms with Crippen molar-refractivity contribution in [3.05, 3.63) is 0 Å². The molecule has 3 rings (SSSR count). The van der Waals surface area contributed by atoms with E-state index in [4.69, 9.17) is 0 Å². The number of nitrogens with zero attached hydrogens (tertiary/aromatic N) is 2. The fraction of sp³-hybridized carbons (Fsp3) is 1.00. The summed E-state index contributed by atoms with van der Waals surface area (Å²) in [6.07, 6.45) is 5.63. The number of rotatable bonds is 4. The summed E-state index contributed by atoms with van der Waals surface area (Å²) in [4.78, 5) is 5.16. The summed E-state index contributed by atoms with van der Waals surface area (Å²) >= 11 is 0. The van der Waals surface area contributed by atoms with Gasteiger partial charge in [0.15, 0.2) is 0 Å². The molecule has 92 valence electrons. The molecule has 16 heavy (non-hydrogen) atoms. The van der Waals surface area contributed by atoms with Crippen molar-refractivity contribution < 1.29 is 0 Å². The summed E-state index contributed by atoms with van der Waals surface area (Å²) in [6, 6.07) is 1.68. The van der Waals surface area contributed by atoms with Gasteiger partial charge in [-0.25, -0.2) is 0 Å². The monoisotopic (exact) mass is 223 g/mol. The molecule has 0 amide bonds. The molecule has 2 aliphatic heterocycles. The first-order valence-electron chi connectivity index (χ1n) is 6.96. The minimum absolute atomic E-state index is 0.798. The molecule has 2 atom stereocenters.